The minimum Gasteiger partial charge on any atom is -0.317 e. The molecule has 1 heterocycles. The van der Waals surface area contributed by atoms with Gasteiger partial charge in [-0.05, 0) is 38.3 Å². The molecule has 12 heavy (non-hydrogen) atoms. The number of alkyl halides is 1. The van der Waals surface area contributed by atoms with Gasteiger partial charge in [-0.1, -0.05) is 0 Å². The van der Waals surface area contributed by atoms with Crippen LogP contribution in [0.2, 0.25) is 0 Å². The summed E-state index contributed by atoms with van der Waals surface area (Å²) in [5.74, 6) is 2.46. The SMILES string of the molecule is CNCC(C)(F)C1CCCSC1. The molecule has 1 nitrogen and oxygen atoms in total. The Morgan fingerprint density at radius 2 is 2.42 bits per heavy atom. The third-order valence-electron chi connectivity index (χ3n) is 2.53. The Bertz CT molecular complexity index is 132. The molecule has 0 saturated carbocycles. The molecule has 0 spiro atoms. The highest BCUT2D eigenvalue weighted by Crippen LogP contribution is 2.33. The molecule has 0 bridgehead atoms. The molecule has 2 atom stereocenters. The van der Waals surface area contributed by atoms with Crippen molar-refractivity contribution in [1.29, 1.82) is 0 Å². The molecular formula is C9H18FNS. The molecule has 1 aliphatic heterocycles. The monoisotopic (exact) mass is 191 g/mol. The Kier molecular flexibility index (Phi) is 3.84. The molecule has 0 aromatic heterocycles. The summed E-state index contributed by atoms with van der Waals surface area (Å²) in [7, 11) is 1.81. The maximum atomic E-state index is 13.9. The van der Waals surface area contributed by atoms with Crippen LogP contribution in [0, 0.1) is 5.92 Å². The smallest absolute Gasteiger partial charge is 0.124 e. The van der Waals surface area contributed by atoms with Crippen molar-refractivity contribution in [3.63, 3.8) is 0 Å². The molecule has 72 valence electrons. The zero-order chi connectivity index (χ0) is 9.03. The normalized spacial score (nSPS) is 29.8. The van der Waals surface area contributed by atoms with Gasteiger partial charge in [-0.15, -0.1) is 0 Å². The minimum absolute atomic E-state index is 0.253. The van der Waals surface area contributed by atoms with Crippen LogP contribution in [0.4, 0.5) is 4.39 Å². The van der Waals surface area contributed by atoms with Crippen molar-refractivity contribution in [3.05, 3.63) is 0 Å². The summed E-state index contributed by atoms with van der Waals surface area (Å²) < 4.78 is 13.9. The van der Waals surface area contributed by atoms with E-state index in [-0.39, 0.29) is 5.92 Å². The van der Waals surface area contributed by atoms with Crippen LogP contribution in [-0.2, 0) is 0 Å². The number of rotatable bonds is 3. The lowest BCUT2D eigenvalue weighted by Crippen LogP contribution is -2.41. The van der Waals surface area contributed by atoms with Gasteiger partial charge in [0.15, 0.2) is 0 Å². The second kappa shape index (κ2) is 4.47. The number of nitrogens with one attached hydrogen (secondary N) is 1. The Morgan fingerprint density at radius 1 is 1.67 bits per heavy atom. The molecule has 2 unspecified atom stereocenters. The highest BCUT2D eigenvalue weighted by molar-refractivity contribution is 7.99. The highest BCUT2D eigenvalue weighted by Gasteiger charge is 2.34. The van der Waals surface area contributed by atoms with E-state index in [1.807, 2.05) is 18.8 Å². The van der Waals surface area contributed by atoms with Gasteiger partial charge in [-0.3, -0.25) is 0 Å². The van der Waals surface area contributed by atoms with Gasteiger partial charge in [0, 0.05) is 12.5 Å². The molecule has 0 amide bonds. The van der Waals surface area contributed by atoms with Crippen LogP contribution in [0.15, 0.2) is 0 Å². The Hall–Kier alpha value is 0.240. The lowest BCUT2D eigenvalue weighted by atomic mass is 9.88. The van der Waals surface area contributed by atoms with E-state index in [1.54, 1.807) is 6.92 Å². The van der Waals surface area contributed by atoms with Crippen molar-refractivity contribution in [3.8, 4) is 0 Å². The molecule has 3 heteroatoms. The number of hydrogen-bond acceptors (Lipinski definition) is 2. The second-order valence-corrected chi connectivity index (χ2v) is 4.87. The molecular weight excluding hydrogens is 173 g/mol. The average Bonchev–Trinajstić information content (AvgIpc) is 2.06. The van der Waals surface area contributed by atoms with Crippen LogP contribution in [0.25, 0.3) is 0 Å². The van der Waals surface area contributed by atoms with Gasteiger partial charge in [-0.25, -0.2) is 4.39 Å². The van der Waals surface area contributed by atoms with E-state index in [4.69, 9.17) is 0 Å². The Balaban J connectivity index is 2.41. The van der Waals surface area contributed by atoms with E-state index >= 15 is 0 Å². The molecule has 0 aliphatic carbocycles. The van der Waals surface area contributed by atoms with Gasteiger partial charge in [0.25, 0.3) is 0 Å². The van der Waals surface area contributed by atoms with Gasteiger partial charge >= 0.3 is 0 Å². The zero-order valence-corrected chi connectivity index (χ0v) is 8.72. The largest absolute Gasteiger partial charge is 0.317 e. The van der Waals surface area contributed by atoms with E-state index in [0.717, 1.165) is 12.2 Å². The van der Waals surface area contributed by atoms with E-state index < -0.39 is 5.67 Å². The predicted octanol–water partition coefficient (Wildman–Crippen LogP) is 2.08. The van der Waals surface area contributed by atoms with Gasteiger partial charge in [0.05, 0.1) is 0 Å². The lowest BCUT2D eigenvalue weighted by Gasteiger charge is -2.32. The van der Waals surface area contributed by atoms with E-state index in [2.05, 4.69) is 5.32 Å². The first kappa shape index (κ1) is 10.3. The maximum Gasteiger partial charge on any atom is 0.124 e. The van der Waals surface area contributed by atoms with Gasteiger partial charge < -0.3 is 5.32 Å². The number of halogens is 1. The molecule has 1 aliphatic rings. The van der Waals surface area contributed by atoms with Crippen molar-refractivity contribution in [2.24, 2.45) is 5.92 Å². The summed E-state index contributed by atoms with van der Waals surface area (Å²) in [6, 6.07) is 0. The maximum absolute atomic E-state index is 13.9. The van der Waals surface area contributed by atoms with Crippen molar-refractivity contribution in [1.82, 2.24) is 5.32 Å². The summed E-state index contributed by atoms with van der Waals surface area (Å²) in [4.78, 5) is 0. The summed E-state index contributed by atoms with van der Waals surface area (Å²) in [5, 5.41) is 2.92. The van der Waals surface area contributed by atoms with Crippen molar-refractivity contribution < 1.29 is 4.39 Å². The fraction of sp³-hybridized carbons (Fsp3) is 1.00. The first-order chi connectivity index (χ1) is 5.67. The standard InChI is InChI=1S/C9H18FNS/c1-9(10,7-11-2)8-4-3-5-12-6-8/h8,11H,3-7H2,1-2H3. The van der Waals surface area contributed by atoms with E-state index in [9.17, 15) is 4.39 Å². The van der Waals surface area contributed by atoms with Crippen LogP contribution in [0.1, 0.15) is 19.8 Å². The molecule has 0 aromatic rings. The predicted molar refractivity (Wildman–Crippen MR) is 53.5 cm³/mol. The quantitative estimate of drug-likeness (QED) is 0.733. The van der Waals surface area contributed by atoms with Gasteiger partial charge in [-0.2, -0.15) is 11.8 Å². The highest BCUT2D eigenvalue weighted by atomic mass is 32.2. The van der Waals surface area contributed by atoms with E-state index in [0.29, 0.717) is 6.54 Å². The van der Waals surface area contributed by atoms with Crippen LogP contribution in [0.5, 0.6) is 0 Å². The van der Waals surface area contributed by atoms with Crippen LogP contribution >= 0.6 is 11.8 Å². The van der Waals surface area contributed by atoms with Crippen molar-refractivity contribution in [2.75, 3.05) is 25.1 Å². The number of thioether (sulfide) groups is 1. The molecule has 1 N–H and O–H groups in total. The van der Waals surface area contributed by atoms with Gasteiger partial charge in [0.1, 0.15) is 5.67 Å². The Morgan fingerprint density at radius 3 is 2.92 bits per heavy atom. The molecule has 0 aromatic carbocycles. The summed E-state index contributed by atoms with van der Waals surface area (Å²) in [5.41, 5.74) is -1.01. The molecule has 1 rings (SSSR count). The first-order valence-corrected chi connectivity index (χ1v) is 5.73. The van der Waals surface area contributed by atoms with Crippen molar-refractivity contribution >= 4 is 11.8 Å². The van der Waals surface area contributed by atoms with Crippen LogP contribution in [0.3, 0.4) is 0 Å². The minimum atomic E-state index is -1.01. The first-order valence-electron chi connectivity index (χ1n) is 4.58. The summed E-state index contributed by atoms with van der Waals surface area (Å²) in [6.45, 7) is 2.21. The second-order valence-electron chi connectivity index (χ2n) is 3.72. The third kappa shape index (κ3) is 2.63. The topological polar surface area (TPSA) is 12.0 Å². The van der Waals surface area contributed by atoms with E-state index in [1.165, 1.54) is 12.2 Å². The average molecular weight is 191 g/mol. The van der Waals surface area contributed by atoms with Gasteiger partial charge in [0.2, 0.25) is 0 Å². The zero-order valence-electron chi connectivity index (χ0n) is 7.90. The van der Waals surface area contributed by atoms with Crippen molar-refractivity contribution in [2.45, 2.75) is 25.4 Å². The molecule has 1 saturated heterocycles. The molecule has 1 fully saturated rings. The molecule has 0 radical (unpaired) electrons. The van der Waals surface area contributed by atoms with Crippen LogP contribution < -0.4 is 5.32 Å². The summed E-state index contributed by atoms with van der Waals surface area (Å²) in [6.07, 6.45) is 2.24. The summed E-state index contributed by atoms with van der Waals surface area (Å²) >= 11 is 1.89. The number of hydrogen-bond donors (Lipinski definition) is 1. The third-order valence-corrected chi connectivity index (χ3v) is 3.75. The lowest BCUT2D eigenvalue weighted by molar-refractivity contribution is 0.108. The fourth-order valence-electron chi connectivity index (χ4n) is 1.71. The van der Waals surface area contributed by atoms with Crippen LogP contribution in [-0.4, -0.2) is 30.8 Å². The Labute approximate surface area is 78.5 Å². The fourth-order valence-corrected chi connectivity index (χ4v) is 3.04.